The quantitative estimate of drug-likeness (QED) is 0.387. The molecule has 0 aliphatic carbocycles. The van der Waals surface area contributed by atoms with Crippen LogP contribution in [0.15, 0.2) is 36.9 Å². The van der Waals surface area contributed by atoms with Gasteiger partial charge in [0.25, 0.3) is 5.91 Å². The number of nitrogens with zero attached hydrogens (tertiary/aromatic N) is 6. The van der Waals surface area contributed by atoms with Gasteiger partial charge in [0.1, 0.15) is 0 Å². The van der Waals surface area contributed by atoms with Crippen molar-refractivity contribution in [1.82, 2.24) is 24.7 Å². The van der Waals surface area contributed by atoms with Crippen LogP contribution < -0.4 is 21.3 Å². The van der Waals surface area contributed by atoms with Crippen molar-refractivity contribution >= 4 is 34.8 Å². The highest BCUT2D eigenvalue weighted by Gasteiger charge is 2.27. The number of piperidine rings is 2. The van der Waals surface area contributed by atoms with Crippen molar-refractivity contribution in [3.8, 4) is 0 Å². The normalized spacial score (nSPS) is 20.8. The minimum Gasteiger partial charge on any atom is -0.369 e. The largest absolute Gasteiger partial charge is 0.369 e. The molecule has 1 aromatic heterocycles. The lowest BCUT2D eigenvalue weighted by Gasteiger charge is -2.42. The van der Waals surface area contributed by atoms with E-state index in [1.807, 2.05) is 19.1 Å². The monoisotopic (exact) mass is 575 g/mol. The molecule has 0 saturated carbocycles. The molecule has 42 heavy (non-hydrogen) atoms. The molecule has 4 N–H and O–H groups in total. The van der Waals surface area contributed by atoms with E-state index in [9.17, 15) is 9.59 Å². The molecule has 0 radical (unpaired) electrons. The summed E-state index contributed by atoms with van der Waals surface area (Å²) in [5.74, 6) is 0.210. The number of piperazine rings is 1. The molecule has 0 unspecified atom stereocenters. The van der Waals surface area contributed by atoms with Gasteiger partial charge < -0.3 is 31.1 Å². The van der Waals surface area contributed by atoms with E-state index in [1.165, 1.54) is 37.7 Å². The van der Waals surface area contributed by atoms with Crippen molar-refractivity contribution in [2.75, 3.05) is 74.9 Å². The fraction of sp³-hybridized carbons (Fsp3) is 0.548. The number of aryl methyl sites for hydroxylation is 1. The average molecular weight is 576 g/mol. The molecule has 11 nitrogen and oxygen atoms in total. The van der Waals surface area contributed by atoms with Crippen LogP contribution in [0.4, 0.5) is 23.0 Å². The predicted octanol–water partition coefficient (Wildman–Crippen LogP) is 2.69. The smallest absolute Gasteiger partial charge is 0.271 e. The van der Waals surface area contributed by atoms with Gasteiger partial charge in [0.05, 0.1) is 5.69 Å². The molecule has 3 saturated heterocycles. The Morgan fingerprint density at radius 1 is 1.00 bits per heavy atom. The number of hydrogen-bond donors (Lipinski definition) is 3. The number of primary amides is 1. The van der Waals surface area contributed by atoms with Gasteiger partial charge in [-0.2, -0.15) is 0 Å². The van der Waals surface area contributed by atoms with Crippen LogP contribution in [0.1, 0.15) is 48.8 Å². The lowest BCUT2D eigenvalue weighted by molar-refractivity contribution is -0.127. The van der Waals surface area contributed by atoms with Crippen LogP contribution in [0, 0.1) is 0 Å². The van der Waals surface area contributed by atoms with Crippen LogP contribution in [0.25, 0.3) is 0 Å². The van der Waals surface area contributed by atoms with E-state index < -0.39 is 5.91 Å². The molecule has 3 fully saturated rings. The van der Waals surface area contributed by atoms with E-state index in [0.717, 1.165) is 44.7 Å². The summed E-state index contributed by atoms with van der Waals surface area (Å²) < 4.78 is 0. The van der Waals surface area contributed by atoms with E-state index in [2.05, 4.69) is 56.1 Å². The molecule has 5 rings (SSSR count). The molecule has 11 heteroatoms. The third kappa shape index (κ3) is 7.01. The molecule has 4 heterocycles. The summed E-state index contributed by atoms with van der Waals surface area (Å²) in [5.41, 5.74) is 8.48. The first-order valence-electron chi connectivity index (χ1n) is 15.3. The van der Waals surface area contributed by atoms with Crippen LogP contribution in [-0.2, 0) is 11.2 Å². The topological polar surface area (TPSA) is 123 Å². The highest BCUT2D eigenvalue weighted by Crippen LogP contribution is 2.27. The molecule has 2 amide bonds. The lowest BCUT2D eigenvalue weighted by Crippen LogP contribution is -2.52. The van der Waals surface area contributed by atoms with Gasteiger partial charge in [0.15, 0.2) is 17.3 Å². The summed E-state index contributed by atoms with van der Waals surface area (Å²) in [4.78, 5) is 43.2. The number of hydrogen-bond acceptors (Lipinski definition) is 9. The fourth-order valence-electron chi connectivity index (χ4n) is 6.31. The summed E-state index contributed by atoms with van der Waals surface area (Å²) in [6, 6.07) is 8.96. The second kappa shape index (κ2) is 13.5. The number of carbonyl (C=O) groups excluding carboxylic acids is 2. The number of carbonyl (C=O) groups is 2. The van der Waals surface area contributed by atoms with Crippen molar-refractivity contribution in [3.05, 3.63) is 48.3 Å². The predicted molar refractivity (Wildman–Crippen MR) is 167 cm³/mol. The minimum atomic E-state index is -0.634. The van der Waals surface area contributed by atoms with Crippen LogP contribution >= 0.6 is 0 Å². The number of aromatic nitrogens is 2. The van der Waals surface area contributed by atoms with Gasteiger partial charge in [-0.3, -0.25) is 14.5 Å². The fourth-order valence-corrected chi connectivity index (χ4v) is 6.31. The number of benzene rings is 1. The molecule has 2 aromatic rings. The van der Waals surface area contributed by atoms with E-state index in [4.69, 9.17) is 10.7 Å². The summed E-state index contributed by atoms with van der Waals surface area (Å²) in [7, 11) is 2.21. The Morgan fingerprint density at radius 3 is 2.36 bits per heavy atom. The zero-order valence-corrected chi connectivity index (χ0v) is 25.0. The molecule has 3 aliphatic heterocycles. The van der Waals surface area contributed by atoms with Gasteiger partial charge in [-0.05, 0) is 82.6 Å². The Morgan fingerprint density at radius 2 is 1.71 bits per heavy atom. The zero-order valence-electron chi connectivity index (χ0n) is 25.0. The van der Waals surface area contributed by atoms with Gasteiger partial charge in [-0.1, -0.05) is 13.5 Å². The number of amides is 2. The minimum absolute atomic E-state index is 0.0220. The van der Waals surface area contributed by atoms with Crippen molar-refractivity contribution in [2.45, 2.75) is 51.1 Å². The van der Waals surface area contributed by atoms with Crippen LogP contribution in [-0.4, -0.2) is 108 Å². The van der Waals surface area contributed by atoms with Crippen molar-refractivity contribution in [1.29, 1.82) is 0 Å². The van der Waals surface area contributed by atoms with Crippen molar-refractivity contribution in [2.24, 2.45) is 5.73 Å². The van der Waals surface area contributed by atoms with Crippen LogP contribution in [0.2, 0.25) is 0 Å². The number of nitrogens with two attached hydrogens (primary N) is 1. The number of nitrogens with one attached hydrogen (secondary N) is 2. The third-order valence-electron chi connectivity index (χ3n) is 8.80. The maximum atomic E-state index is 12.3. The summed E-state index contributed by atoms with van der Waals surface area (Å²) in [5, 5.41) is 6.76. The maximum Gasteiger partial charge on any atom is 0.271 e. The Labute approximate surface area is 249 Å². The number of rotatable bonds is 9. The molecule has 0 spiro atoms. The molecule has 0 bridgehead atoms. The average Bonchev–Trinajstić information content (AvgIpc) is 3.01. The van der Waals surface area contributed by atoms with Gasteiger partial charge in [0, 0.05) is 62.7 Å². The maximum absolute atomic E-state index is 12.3. The SMILES string of the molecule is C=CC(=O)N1CCC[C@@H](Nc2nc(Nc3ccc(N4CCN(C5CCN(C)CC5)CC4)cc3)c(C(N)=O)nc2CC)C1. The van der Waals surface area contributed by atoms with Crippen LogP contribution in [0.3, 0.4) is 0 Å². The first-order valence-corrected chi connectivity index (χ1v) is 15.3. The van der Waals surface area contributed by atoms with Gasteiger partial charge in [0.2, 0.25) is 5.91 Å². The van der Waals surface area contributed by atoms with Crippen molar-refractivity contribution in [3.63, 3.8) is 0 Å². The van der Waals surface area contributed by atoms with Gasteiger partial charge >= 0.3 is 0 Å². The summed E-state index contributed by atoms with van der Waals surface area (Å²) >= 11 is 0. The molecule has 226 valence electrons. The number of anilines is 4. The molecule has 1 aromatic carbocycles. The van der Waals surface area contributed by atoms with E-state index in [-0.39, 0.29) is 17.6 Å². The molecular formula is C31H45N9O2. The highest BCUT2D eigenvalue weighted by molar-refractivity contribution is 5.96. The highest BCUT2D eigenvalue weighted by atomic mass is 16.2. The first kappa shape index (κ1) is 29.8. The third-order valence-corrected chi connectivity index (χ3v) is 8.80. The Bertz CT molecular complexity index is 1250. The molecular weight excluding hydrogens is 530 g/mol. The Balaban J connectivity index is 1.25. The van der Waals surface area contributed by atoms with E-state index in [1.54, 1.807) is 4.90 Å². The first-order chi connectivity index (χ1) is 20.3. The standard InChI is InChI=1S/C31H45N9O2/c1-4-26-30(34-23-7-6-14-40(21-23)27(41)5-2)36-31(28(35-26)29(32)42)33-22-8-10-24(11-9-22)38-17-19-39(20-18-38)25-12-15-37(3)16-13-25/h5,8-11,23,25H,2,4,6-7,12-21H2,1,3H3,(H2,32,42)(H2,33,34,36)/t23-/m1/s1. The second-order valence-electron chi connectivity index (χ2n) is 11.6. The summed E-state index contributed by atoms with van der Waals surface area (Å²) in [6.45, 7) is 13.4. The lowest BCUT2D eigenvalue weighted by atomic mass is 10.0. The zero-order chi connectivity index (χ0) is 29.6. The van der Waals surface area contributed by atoms with E-state index in [0.29, 0.717) is 42.9 Å². The number of likely N-dealkylation sites (tertiary alicyclic amines) is 2. The summed E-state index contributed by atoms with van der Waals surface area (Å²) in [6.07, 6.45) is 6.24. The second-order valence-corrected chi connectivity index (χ2v) is 11.6. The Kier molecular flexibility index (Phi) is 9.58. The molecule has 1 atom stereocenters. The van der Waals surface area contributed by atoms with E-state index >= 15 is 0 Å². The van der Waals surface area contributed by atoms with Gasteiger partial charge in [-0.15, -0.1) is 0 Å². The van der Waals surface area contributed by atoms with Crippen molar-refractivity contribution < 1.29 is 9.59 Å². The van der Waals surface area contributed by atoms with Crippen LogP contribution in [0.5, 0.6) is 0 Å². The Hall–Kier alpha value is -3.70. The molecule has 3 aliphatic rings. The van der Waals surface area contributed by atoms with Gasteiger partial charge in [-0.25, -0.2) is 9.97 Å².